The smallest absolute Gasteiger partial charge is 0.312 e. The van der Waals surface area contributed by atoms with E-state index in [0.717, 1.165) is 5.56 Å². The third kappa shape index (κ3) is 2.39. The molecule has 0 amide bonds. The van der Waals surface area contributed by atoms with Crippen LogP contribution >= 0.6 is 0 Å². The molecule has 2 rings (SSSR count). The van der Waals surface area contributed by atoms with Crippen LogP contribution in [0.2, 0.25) is 0 Å². The summed E-state index contributed by atoms with van der Waals surface area (Å²) in [6, 6.07) is 7.99. The SMILES string of the molecule is Cc1ccc(C2CN=C(CC(=O)O)O2)cc1. The fourth-order valence-electron chi connectivity index (χ4n) is 1.60. The summed E-state index contributed by atoms with van der Waals surface area (Å²) in [5, 5.41) is 8.61. The molecule has 0 aromatic heterocycles. The highest BCUT2D eigenvalue weighted by Gasteiger charge is 2.22. The molecule has 0 fully saturated rings. The number of benzene rings is 1. The van der Waals surface area contributed by atoms with Crippen molar-refractivity contribution in [1.29, 1.82) is 0 Å². The van der Waals surface area contributed by atoms with Gasteiger partial charge in [0.1, 0.15) is 12.5 Å². The van der Waals surface area contributed by atoms with Crippen LogP contribution in [0.3, 0.4) is 0 Å². The molecule has 0 bridgehead atoms. The van der Waals surface area contributed by atoms with E-state index in [-0.39, 0.29) is 12.5 Å². The summed E-state index contributed by atoms with van der Waals surface area (Å²) < 4.78 is 5.47. The molecule has 1 heterocycles. The maximum atomic E-state index is 10.5. The zero-order chi connectivity index (χ0) is 11.5. The Morgan fingerprint density at radius 2 is 2.19 bits per heavy atom. The van der Waals surface area contributed by atoms with Gasteiger partial charge in [0.2, 0.25) is 0 Å². The highest BCUT2D eigenvalue weighted by Crippen LogP contribution is 2.23. The molecule has 1 aliphatic rings. The van der Waals surface area contributed by atoms with Crippen molar-refractivity contribution in [3.05, 3.63) is 35.4 Å². The van der Waals surface area contributed by atoms with Gasteiger partial charge < -0.3 is 9.84 Å². The van der Waals surface area contributed by atoms with Crippen LogP contribution in [0.15, 0.2) is 29.3 Å². The molecule has 1 aromatic carbocycles. The summed E-state index contributed by atoms with van der Waals surface area (Å²) in [6.45, 7) is 2.53. The van der Waals surface area contributed by atoms with Crippen molar-refractivity contribution >= 4 is 11.9 Å². The normalized spacial score (nSPS) is 19.1. The first-order valence-electron chi connectivity index (χ1n) is 5.13. The Hall–Kier alpha value is -1.84. The summed E-state index contributed by atoms with van der Waals surface area (Å²) in [4.78, 5) is 14.6. The lowest BCUT2D eigenvalue weighted by Crippen LogP contribution is -2.09. The number of aliphatic carboxylic acids is 1. The Morgan fingerprint density at radius 1 is 1.50 bits per heavy atom. The number of aliphatic imine (C=N–C) groups is 1. The fraction of sp³-hybridized carbons (Fsp3) is 0.333. The Bertz CT molecular complexity index is 422. The molecule has 0 radical (unpaired) electrons. The van der Waals surface area contributed by atoms with E-state index in [0.29, 0.717) is 12.4 Å². The first-order chi connectivity index (χ1) is 7.65. The molecule has 0 aliphatic carbocycles. The molecular formula is C12H13NO3. The number of nitrogens with zero attached hydrogens (tertiary/aromatic N) is 1. The minimum atomic E-state index is -0.914. The van der Waals surface area contributed by atoms with Gasteiger partial charge >= 0.3 is 5.97 Å². The van der Waals surface area contributed by atoms with E-state index in [1.807, 2.05) is 31.2 Å². The van der Waals surface area contributed by atoms with E-state index < -0.39 is 5.97 Å². The van der Waals surface area contributed by atoms with Crippen LogP contribution in [-0.2, 0) is 9.53 Å². The predicted octanol–water partition coefficient (Wildman–Crippen LogP) is 1.94. The number of rotatable bonds is 3. The Labute approximate surface area is 93.6 Å². The summed E-state index contributed by atoms with van der Waals surface area (Å²) in [5.74, 6) is -0.596. The monoisotopic (exact) mass is 219 g/mol. The number of aryl methyl sites for hydroxylation is 1. The van der Waals surface area contributed by atoms with Crippen LogP contribution in [0.25, 0.3) is 0 Å². The predicted molar refractivity (Wildman–Crippen MR) is 59.6 cm³/mol. The van der Waals surface area contributed by atoms with Crippen molar-refractivity contribution < 1.29 is 14.6 Å². The number of carbonyl (C=O) groups is 1. The lowest BCUT2D eigenvalue weighted by atomic mass is 10.1. The van der Waals surface area contributed by atoms with E-state index >= 15 is 0 Å². The Kier molecular flexibility index (Phi) is 2.90. The van der Waals surface area contributed by atoms with Crippen molar-refractivity contribution in [2.45, 2.75) is 19.4 Å². The van der Waals surface area contributed by atoms with Gasteiger partial charge in [0.15, 0.2) is 5.90 Å². The molecule has 84 valence electrons. The summed E-state index contributed by atoms with van der Waals surface area (Å²) in [7, 11) is 0. The number of carboxylic acid groups (broad SMARTS) is 1. The number of hydrogen-bond donors (Lipinski definition) is 1. The van der Waals surface area contributed by atoms with Gasteiger partial charge in [0, 0.05) is 0 Å². The molecule has 0 saturated heterocycles. The average molecular weight is 219 g/mol. The molecule has 1 aliphatic heterocycles. The fourth-order valence-corrected chi connectivity index (χ4v) is 1.60. The first-order valence-corrected chi connectivity index (χ1v) is 5.13. The van der Waals surface area contributed by atoms with E-state index in [1.165, 1.54) is 5.56 Å². The third-order valence-corrected chi connectivity index (χ3v) is 2.46. The lowest BCUT2D eigenvalue weighted by molar-refractivity contribution is -0.135. The van der Waals surface area contributed by atoms with Crippen LogP contribution in [0.5, 0.6) is 0 Å². The van der Waals surface area contributed by atoms with Crippen LogP contribution in [0, 0.1) is 6.92 Å². The van der Waals surface area contributed by atoms with Crippen LogP contribution < -0.4 is 0 Å². The molecule has 16 heavy (non-hydrogen) atoms. The van der Waals surface area contributed by atoms with E-state index in [4.69, 9.17) is 9.84 Å². The molecule has 1 aromatic rings. The van der Waals surface area contributed by atoms with Crippen LogP contribution in [0.4, 0.5) is 0 Å². The molecular weight excluding hydrogens is 206 g/mol. The van der Waals surface area contributed by atoms with Crippen molar-refractivity contribution in [1.82, 2.24) is 0 Å². The van der Waals surface area contributed by atoms with Gasteiger partial charge in [-0.25, -0.2) is 0 Å². The highest BCUT2D eigenvalue weighted by atomic mass is 16.5. The van der Waals surface area contributed by atoms with E-state index in [9.17, 15) is 4.79 Å². The second-order valence-electron chi connectivity index (χ2n) is 3.82. The molecule has 1 atom stereocenters. The van der Waals surface area contributed by atoms with Gasteiger partial charge in [-0.1, -0.05) is 29.8 Å². The maximum absolute atomic E-state index is 10.5. The van der Waals surface area contributed by atoms with Gasteiger partial charge in [-0.15, -0.1) is 0 Å². The summed E-state index contributed by atoms with van der Waals surface area (Å²) >= 11 is 0. The first kappa shape index (κ1) is 10.7. The number of carboxylic acids is 1. The van der Waals surface area contributed by atoms with Gasteiger partial charge in [-0.05, 0) is 12.5 Å². The highest BCUT2D eigenvalue weighted by molar-refractivity contribution is 5.94. The topological polar surface area (TPSA) is 58.9 Å². The van der Waals surface area contributed by atoms with Crippen molar-refractivity contribution in [3.8, 4) is 0 Å². The van der Waals surface area contributed by atoms with Crippen molar-refractivity contribution in [3.63, 3.8) is 0 Å². The Morgan fingerprint density at radius 3 is 2.81 bits per heavy atom. The molecule has 0 saturated carbocycles. The molecule has 4 heteroatoms. The maximum Gasteiger partial charge on any atom is 0.312 e. The minimum Gasteiger partial charge on any atom is -0.481 e. The number of ether oxygens (including phenoxy) is 1. The van der Waals surface area contributed by atoms with Gasteiger partial charge in [0.05, 0.1) is 6.54 Å². The average Bonchev–Trinajstić information content (AvgIpc) is 2.66. The van der Waals surface area contributed by atoms with Crippen LogP contribution in [0.1, 0.15) is 23.7 Å². The summed E-state index contributed by atoms with van der Waals surface area (Å²) in [6.07, 6.45) is -0.266. The van der Waals surface area contributed by atoms with E-state index in [1.54, 1.807) is 0 Å². The van der Waals surface area contributed by atoms with Gasteiger partial charge in [-0.3, -0.25) is 9.79 Å². The third-order valence-electron chi connectivity index (χ3n) is 2.46. The van der Waals surface area contributed by atoms with Crippen molar-refractivity contribution in [2.75, 3.05) is 6.54 Å². The molecule has 1 N–H and O–H groups in total. The zero-order valence-electron chi connectivity index (χ0n) is 9.01. The summed E-state index contributed by atoms with van der Waals surface area (Å²) in [5.41, 5.74) is 2.23. The number of hydrogen-bond acceptors (Lipinski definition) is 3. The lowest BCUT2D eigenvalue weighted by Gasteiger charge is -2.11. The van der Waals surface area contributed by atoms with Gasteiger partial charge in [-0.2, -0.15) is 0 Å². The Balaban J connectivity index is 2.00. The molecule has 4 nitrogen and oxygen atoms in total. The molecule has 1 unspecified atom stereocenters. The van der Waals surface area contributed by atoms with E-state index in [2.05, 4.69) is 4.99 Å². The second kappa shape index (κ2) is 4.35. The zero-order valence-corrected chi connectivity index (χ0v) is 9.01. The van der Waals surface area contributed by atoms with Crippen LogP contribution in [-0.4, -0.2) is 23.5 Å². The van der Waals surface area contributed by atoms with Gasteiger partial charge in [0.25, 0.3) is 0 Å². The van der Waals surface area contributed by atoms with Crippen molar-refractivity contribution in [2.24, 2.45) is 4.99 Å². The quantitative estimate of drug-likeness (QED) is 0.845. The standard InChI is InChI=1S/C12H13NO3/c1-8-2-4-9(5-3-8)10-7-13-11(16-10)6-12(14)15/h2-5,10H,6-7H2,1H3,(H,14,15). The minimum absolute atomic E-state index is 0.130. The second-order valence-corrected chi connectivity index (χ2v) is 3.82. The molecule has 0 spiro atoms. The largest absolute Gasteiger partial charge is 0.481 e.